The van der Waals surface area contributed by atoms with Crippen LogP contribution in [0.2, 0.25) is 0 Å². The molecule has 0 saturated carbocycles. The Hall–Kier alpha value is -2.82. The van der Waals surface area contributed by atoms with Crippen molar-refractivity contribution in [1.29, 1.82) is 0 Å². The Morgan fingerprint density at radius 1 is 1.06 bits per heavy atom. The van der Waals surface area contributed by atoms with Crippen LogP contribution in [0.3, 0.4) is 0 Å². The summed E-state index contributed by atoms with van der Waals surface area (Å²) < 4.78 is 12.0. The minimum Gasteiger partial charge on any atom is -0.493 e. The molecule has 2 aromatic rings. The minimum absolute atomic E-state index is 0.0881. The fourth-order valence-corrected chi connectivity index (χ4v) is 3.30. The van der Waals surface area contributed by atoms with Crippen LogP contribution < -0.4 is 9.47 Å². The number of carboxylic acid groups (broad SMARTS) is 1. The van der Waals surface area contributed by atoms with E-state index >= 15 is 0 Å². The number of ketones is 1. The Balaban J connectivity index is 1.94. The first-order chi connectivity index (χ1) is 14.7. The summed E-state index contributed by atoms with van der Waals surface area (Å²) in [6, 6.07) is 11.6. The molecule has 0 aliphatic rings. The van der Waals surface area contributed by atoms with Crippen molar-refractivity contribution in [2.75, 3.05) is 6.61 Å². The Kier molecular flexibility index (Phi) is 9.10. The number of benzene rings is 2. The number of rotatable bonds is 12. The van der Waals surface area contributed by atoms with Gasteiger partial charge < -0.3 is 14.6 Å². The SMILES string of the molecule is CCc1ccc(OC(C)CCOc2ccc(CCC(=O)O)c(C)c2)c(C(=O)C(C)C)c1. The first-order valence-corrected chi connectivity index (χ1v) is 11.0. The van der Waals surface area contributed by atoms with Crippen LogP contribution in [-0.2, 0) is 17.6 Å². The average Bonchev–Trinajstić information content (AvgIpc) is 2.72. The van der Waals surface area contributed by atoms with Gasteiger partial charge in [-0.1, -0.05) is 32.9 Å². The molecule has 0 heterocycles. The van der Waals surface area contributed by atoms with E-state index in [1.165, 1.54) is 0 Å². The van der Waals surface area contributed by atoms with Crippen LogP contribution in [-0.4, -0.2) is 29.6 Å². The van der Waals surface area contributed by atoms with Crippen molar-refractivity contribution in [2.45, 2.75) is 66.4 Å². The number of aryl methyl sites for hydroxylation is 3. The summed E-state index contributed by atoms with van der Waals surface area (Å²) in [5.74, 6) is 0.590. The largest absolute Gasteiger partial charge is 0.493 e. The maximum absolute atomic E-state index is 12.6. The van der Waals surface area contributed by atoms with Gasteiger partial charge in [0.25, 0.3) is 0 Å². The molecule has 0 aromatic heterocycles. The zero-order valence-electron chi connectivity index (χ0n) is 19.2. The van der Waals surface area contributed by atoms with Crippen molar-refractivity contribution in [1.82, 2.24) is 0 Å². The van der Waals surface area contributed by atoms with Crippen LogP contribution in [0, 0.1) is 12.8 Å². The molecule has 0 spiro atoms. The third-order valence-corrected chi connectivity index (χ3v) is 5.29. The molecular weight excluding hydrogens is 392 g/mol. The highest BCUT2D eigenvalue weighted by molar-refractivity contribution is 6.00. The van der Waals surface area contributed by atoms with Crippen LogP contribution >= 0.6 is 0 Å². The third kappa shape index (κ3) is 7.42. The number of carbonyl (C=O) groups excluding carboxylic acids is 1. The zero-order chi connectivity index (χ0) is 23.0. The van der Waals surface area contributed by atoms with Gasteiger partial charge in [0.2, 0.25) is 0 Å². The molecule has 0 aliphatic carbocycles. The van der Waals surface area contributed by atoms with Gasteiger partial charge in [0.15, 0.2) is 5.78 Å². The highest BCUT2D eigenvalue weighted by atomic mass is 16.5. The van der Waals surface area contributed by atoms with E-state index in [0.717, 1.165) is 28.9 Å². The standard InChI is InChI=1S/C26H34O5/c1-6-20-7-11-24(23(16-20)26(29)17(2)3)31-19(5)13-14-30-22-10-8-21(18(4)15-22)9-12-25(27)28/h7-8,10-11,15-17,19H,6,9,12-14H2,1-5H3,(H,27,28). The fraction of sp³-hybridized carbons (Fsp3) is 0.462. The van der Waals surface area contributed by atoms with Crippen molar-refractivity contribution in [3.05, 3.63) is 58.7 Å². The predicted octanol–water partition coefficient (Wildman–Crippen LogP) is 5.65. The van der Waals surface area contributed by atoms with Crippen LogP contribution in [0.4, 0.5) is 0 Å². The van der Waals surface area contributed by atoms with E-state index in [1.807, 2.05) is 64.1 Å². The zero-order valence-corrected chi connectivity index (χ0v) is 19.2. The Labute approximate surface area is 185 Å². The lowest BCUT2D eigenvalue weighted by Gasteiger charge is -2.19. The van der Waals surface area contributed by atoms with Crippen LogP contribution in [0.1, 0.15) is 67.6 Å². The van der Waals surface area contributed by atoms with Gasteiger partial charge in [-0.3, -0.25) is 9.59 Å². The molecule has 2 aromatic carbocycles. The lowest BCUT2D eigenvalue weighted by atomic mass is 9.97. The molecule has 2 rings (SSSR count). The van der Waals surface area contributed by atoms with E-state index in [4.69, 9.17) is 14.6 Å². The number of aliphatic carboxylic acids is 1. The molecule has 0 radical (unpaired) electrons. The van der Waals surface area contributed by atoms with Gasteiger partial charge in [0.05, 0.1) is 18.3 Å². The quantitative estimate of drug-likeness (QED) is 0.444. The number of carboxylic acids is 1. The second-order valence-corrected chi connectivity index (χ2v) is 8.25. The molecule has 0 bridgehead atoms. The monoisotopic (exact) mass is 426 g/mol. The minimum atomic E-state index is -0.795. The number of Topliss-reactive ketones (excluding diaryl/α,β-unsaturated/α-hetero) is 1. The molecule has 0 fully saturated rings. The van der Waals surface area contributed by atoms with Crippen molar-refractivity contribution in [2.24, 2.45) is 5.92 Å². The summed E-state index contributed by atoms with van der Waals surface area (Å²) in [6.45, 7) is 10.3. The van der Waals surface area contributed by atoms with Gasteiger partial charge in [0.1, 0.15) is 11.5 Å². The van der Waals surface area contributed by atoms with Crippen molar-refractivity contribution >= 4 is 11.8 Å². The number of hydrogen-bond donors (Lipinski definition) is 1. The third-order valence-electron chi connectivity index (χ3n) is 5.29. The number of ether oxygens (including phenoxy) is 2. The van der Waals surface area contributed by atoms with Crippen LogP contribution in [0.15, 0.2) is 36.4 Å². The summed E-state index contributed by atoms with van der Waals surface area (Å²) in [4.78, 5) is 23.4. The van der Waals surface area contributed by atoms with E-state index in [2.05, 4.69) is 6.92 Å². The Morgan fingerprint density at radius 3 is 2.42 bits per heavy atom. The molecule has 5 heteroatoms. The molecule has 5 nitrogen and oxygen atoms in total. The summed E-state index contributed by atoms with van der Waals surface area (Å²) >= 11 is 0. The van der Waals surface area contributed by atoms with Crippen molar-refractivity contribution in [3.63, 3.8) is 0 Å². The normalized spacial score (nSPS) is 11.9. The molecule has 1 unspecified atom stereocenters. The Bertz CT molecular complexity index is 901. The van der Waals surface area contributed by atoms with Gasteiger partial charge in [-0.15, -0.1) is 0 Å². The molecular formula is C26H34O5. The molecule has 168 valence electrons. The average molecular weight is 427 g/mol. The van der Waals surface area contributed by atoms with Crippen LogP contribution in [0.5, 0.6) is 11.5 Å². The maximum Gasteiger partial charge on any atom is 0.303 e. The number of carbonyl (C=O) groups is 2. The molecule has 0 saturated heterocycles. The smallest absolute Gasteiger partial charge is 0.303 e. The number of hydrogen-bond acceptors (Lipinski definition) is 4. The lowest BCUT2D eigenvalue weighted by molar-refractivity contribution is -0.136. The van der Waals surface area contributed by atoms with E-state index in [9.17, 15) is 9.59 Å². The van der Waals surface area contributed by atoms with Gasteiger partial charge in [0, 0.05) is 18.8 Å². The van der Waals surface area contributed by atoms with Gasteiger partial charge in [-0.2, -0.15) is 0 Å². The predicted molar refractivity (Wildman–Crippen MR) is 122 cm³/mol. The Morgan fingerprint density at radius 2 is 1.81 bits per heavy atom. The van der Waals surface area contributed by atoms with Crippen molar-refractivity contribution < 1.29 is 24.2 Å². The summed E-state index contributed by atoms with van der Waals surface area (Å²) in [5, 5.41) is 8.84. The van der Waals surface area contributed by atoms with E-state index in [1.54, 1.807) is 0 Å². The van der Waals surface area contributed by atoms with E-state index < -0.39 is 5.97 Å². The summed E-state index contributed by atoms with van der Waals surface area (Å²) in [7, 11) is 0. The van der Waals surface area contributed by atoms with Gasteiger partial charge >= 0.3 is 5.97 Å². The van der Waals surface area contributed by atoms with E-state index in [-0.39, 0.29) is 24.2 Å². The van der Waals surface area contributed by atoms with Crippen LogP contribution in [0.25, 0.3) is 0 Å². The second kappa shape index (κ2) is 11.5. The maximum atomic E-state index is 12.6. The summed E-state index contributed by atoms with van der Waals surface area (Å²) in [6.07, 6.45) is 2.07. The summed E-state index contributed by atoms with van der Waals surface area (Å²) in [5.41, 5.74) is 3.81. The molecule has 0 aliphatic heterocycles. The molecule has 1 N–H and O–H groups in total. The first-order valence-electron chi connectivity index (χ1n) is 11.0. The molecule has 1 atom stereocenters. The van der Waals surface area contributed by atoms with Crippen molar-refractivity contribution in [3.8, 4) is 11.5 Å². The fourth-order valence-electron chi connectivity index (χ4n) is 3.30. The van der Waals surface area contributed by atoms with E-state index in [0.29, 0.717) is 30.8 Å². The first kappa shape index (κ1) is 24.4. The second-order valence-electron chi connectivity index (χ2n) is 8.25. The highest BCUT2D eigenvalue weighted by Crippen LogP contribution is 2.25. The molecule has 0 amide bonds. The topological polar surface area (TPSA) is 72.8 Å². The van der Waals surface area contributed by atoms with Gasteiger partial charge in [-0.05, 0) is 67.6 Å². The lowest BCUT2D eigenvalue weighted by Crippen LogP contribution is -2.18. The molecule has 31 heavy (non-hydrogen) atoms. The van der Waals surface area contributed by atoms with Gasteiger partial charge in [-0.25, -0.2) is 0 Å². The highest BCUT2D eigenvalue weighted by Gasteiger charge is 2.18.